The predicted molar refractivity (Wildman–Crippen MR) is 105 cm³/mol. The first-order valence-electron chi connectivity index (χ1n) is 8.88. The molecule has 1 atom stereocenters. The molecular weight excluding hydrogens is 418 g/mol. The number of halogens is 1. The minimum atomic E-state index is -2.86. The first kappa shape index (κ1) is 18.0. The lowest BCUT2D eigenvalue weighted by Crippen LogP contribution is -2.52. The summed E-state index contributed by atoms with van der Waals surface area (Å²) in [7, 11) is -2.86. The fourth-order valence-corrected chi connectivity index (χ4v) is 6.05. The molecule has 0 radical (unpaired) electrons. The van der Waals surface area contributed by atoms with Gasteiger partial charge in [-0.1, -0.05) is 22.0 Å². The number of sulfone groups is 1. The normalized spacial score (nSPS) is 23.6. The van der Waals surface area contributed by atoms with Crippen LogP contribution in [0.5, 0.6) is 0 Å². The molecule has 0 N–H and O–H groups in total. The van der Waals surface area contributed by atoms with Gasteiger partial charge in [0.2, 0.25) is 5.91 Å². The summed E-state index contributed by atoms with van der Waals surface area (Å²) in [5, 5.41) is 1.12. The van der Waals surface area contributed by atoms with Crippen LogP contribution in [0.4, 0.5) is 0 Å². The summed E-state index contributed by atoms with van der Waals surface area (Å²) in [5.74, 6) is 0.680. The number of rotatable bonds is 3. The molecule has 4 rings (SSSR count). The number of aromatic nitrogens is 1. The highest BCUT2D eigenvalue weighted by atomic mass is 79.9. The van der Waals surface area contributed by atoms with Crippen LogP contribution in [-0.2, 0) is 21.2 Å². The Balaban J connectivity index is 1.37. The predicted octanol–water partition coefficient (Wildman–Crippen LogP) is 1.74. The van der Waals surface area contributed by atoms with Crippen molar-refractivity contribution in [1.29, 1.82) is 0 Å². The molecule has 1 aromatic heterocycles. The van der Waals surface area contributed by atoms with E-state index < -0.39 is 9.84 Å². The maximum absolute atomic E-state index is 12.7. The third kappa shape index (κ3) is 3.68. The average Bonchev–Trinajstić information content (AvgIpc) is 3.18. The van der Waals surface area contributed by atoms with Crippen molar-refractivity contribution in [3.8, 4) is 0 Å². The van der Waals surface area contributed by atoms with Gasteiger partial charge in [0.1, 0.15) is 6.54 Å². The molecule has 2 fully saturated rings. The van der Waals surface area contributed by atoms with E-state index in [1.54, 1.807) is 0 Å². The highest BCUT2D eigenvalue weighted by Gasteiger charge is 2.34. The molecule has 2 aliphatic heterocycles. The average molecular weight is 440 g/mol. The quantitative estimate of drug-likeness (QED) is 0.730. The summed E-state index contributed by atoms with van der Waals surface area (Å²) < 4.78 is 26.3. The number of piperazine rings is 1. The van der Waals surface area contributed by atoms with Crippen LogP contribution in [-0.4, -0.2) is 72.4 Å². The zero-order valence-corrected chi connectivity index (χ0v) is 16.9. The number of amides is 1. The van der Waals surface area contributed by atoms with Crippen LogP contribution in [0.3, 0.4) is 0 Å². The summed E-state index contributed by atoms with van der Waals surface area (Å²) in [6.45, 7) is 3.17. The lowest BCUT2D eigenvalue weighted by atomic mass is 10.2. The molecule has 0 aliphatic carbocycles. The van der Waals surface area contributed by atoms with Gasteiger partial charge in [-0.3, -0.25) is 9.69 Å². The number of carbonyl (C=O) groups is 1. The second-order valence-electron chi connectivity index (χ2n) is 7.12. The van der Waals surface area contributed by atoms with Crippen LogP contribution in [0, 0.1) is 0 Å². The van der Waals surface area contributed by atoms with Crippen LogP contribution in [0.2, 0.25) is 0 Å². The maximum Gasteiger partial charge on any atom is 0.242 e. The van der Waals surface area contributed by atoms with E-state index in [0.717, 1.165) is 34.9 Å². The van der Waals surface area contributed by atoms with Gasteiger partial charge in [-0.15, -0.1) is 0 Å². The molecule has 2 aromatic rings. The summed E-state index contributed by atoms with van der Waals surface area (Å²) in [4.78, 5) is 16.8. The van der Waals surface area contributed by atoms with E-state index in [0.29, 0.717) is 25.4 Å². The number of hydrogen-bond donors (Lipinski definition) is 0. The van der Waals surface area contributed by atoms with Crippen molar-refractivity contribution in [2.45, 2.75) is 19.0 Å². The van der Waals surface area contributed by atoms with Gasteiger partial charge in [0.25, 0.3) is 0 Å². The number of carbonyl (C=O) groups excluding carboxylic acids is 1. The smallest absolute Gasteiger partial charge is 0.242 e. The molecule has 0 saturated carbocycles. The Kier molecular flexibility index (Phi) is 4.83. The van der Waals surface area contributed by atoms with E-state index in [9.17, 15) is 13.2 Å². The van der Waals surface area contributed by atoms with Crippen LogP contribution < -0.4 is 0 Å². The molecule has 140 valence electrons. The van der Waals surface area contributed by atoms with E-state index in [2.05, 4.69) is 20.8 Å². The van der Waals surface area contributed by atoms with Gasteiger partial charge >= 0.3 is 0 Å². The Labute approximate surface area is 161 Å². The molecule has 3 heterocycles. The Bertz CT molecular complexity index is 932. The molecule has 1 unspecified atom stereocenters. The molecule has 0 bridgehead atoms. The minimum Gasteiger partial charge on any atom is -0.339 e. The SMILES string of the molecule is O=C(Cn1ccc2ccc(Br)cc21)N1CCN(C2CCS(=O)(=O)C2)CC1. The van der Waals surface area contributed by atoms with Crippen molar-refractivity contribution in [1.82, 2.24) is 14.4 Å². The van der Waals surface area contributed by atoms with Crippen LogP contribution in [0.1, 0.15) is 6.42 Å². The zero-order chi connectivity index (χ0) is 18.3. The van der Waals surface area contributed by atoms with Gasteiger partial charge in [0, 0.05) is 48.4 Å². The van der Waals surface area contributed by atoms with Gasteiger partial charge in [-0.25, -0.2) is 8.42 Å². The van der Waals surface area contributed by atoms with E-state index >= 15 is 0 Å². The maximum atomic E-state index is 12.7. The van der Waals surface area contributed by atoms with Crippen molar-refractivity contribution < 1.29 is 13.2 Å². The lowest BCUT2D eigenvalue weighted by Gasteiger charge is -2.37. The van der Waals surface area contributed by atoms with Crippen molar-refractivity contribution in [2.75, 3.05) is 37.7 Å². The van der Waals surface area contributed by atoms with Crippen molar-refractivity contribution in [2.24, 2.45) is 0 Å². The lowest BCUT2D eigenvalue weighted by molar-refractivity contribution is -0.133. The van der Waals surface area contributed by atoms with E-state index in [4.69, 9.17) is 0 Å². The van der Waals surface area contributed by atoms with Crippen molar-refractivity contribution >= 4 is 42.6 Å². The van der Waals surface area contributed by atoms with Gasteiger partial charge in [0.05, 0.1) is 11.5 Å². The number of hydrogen-bond acceptors (Lipinski definition) is 4. The molecule has 2 saturated heterocycles. The van der Waals surface area contributed by atoms with Crippen LogP contribution in [0.25, 0.3) is 10.9 Å². The highest BCUT2D eigenvalue weighted by molar-refractivity contribution is 9.10. The number of nitrogens with zero attached hydrogens (tertiary/aromatic N) is 3. The van der Waals surface area contributed by atoms with Crippen molar-refractivity contribution in [3.05, 3.63) is 34.9 Å². The van der Waals surface area contributed by atoms with Crippen LogP contribution >= 0.6 is 15.9 Å². The third-order valence-electron chi connectivity index (χ3n) is 5.43. The fourth-order valence-electron chi connectivity index (χ4n) is 3.94. The Morgan fingerprint density at radius 2 is 1.92 bits per heavy atom. The summed E-state index contributed by atoms with van der Waals surface area (Å²) >= 11 is 3.48. The first-order chi connectivity index (χ1) is 12.4. The van der Waals surface area contributed by atoms with E-state index in [1.165, 1.54) is 0 Å². The summed E-state index contributed by atoms with van der Waals surface area (Å²) in [6.07, 6.45) is 2.68. The third-order valence-corrected chi connectivity index (χ3v) is 7.68. The minimum absolute atomic E-state index is 0.112. The number of benzene rings is 1. The van der Waals surface area contributed by atoms with Gasteiger partial charge in [-0.2, -0.15) is 0 Å². The summed E-state index contributed by atoms with van der Waals surface area (Å²) in [6, 6.07) is 8.21. The van der Waals surface area contributed by atoms with Gasteiger partial charge in [-0.05, 0) is 30.0 Å². The standard InChI is InChI=1S/C18H22BrN3O3S/c19-15-2-1-14-3-5-22(17(14)11-15)12-18(23)21-8-6-20(7-9-21)16-4-10-26(24,25)13-16/h1-3,5,11,16H,4,6-10,12-13H2. The molecule has 0 spiro atoms. The zero-order valence-electron chi connectivity index (χ0n) is 14.5. The molecule has 1 amide bonds. The topological polar surface area (TPSA) is 62.6 Å². The van der Waals surface area contributed by atoms with Gasteiger partial charge in [0.15, 0.2) is 9.84 Å². The Morgan fingerprint density at radius 1 is 1.15 bits per heavy atom. The van der Waals surface area contributed by atoms with E-state index in [1.807, 2.05) is 39.9 Å². The molecule has 8 heteroatoms. The second kappa shape index (κ2) is 6.98. The van der Waals surface area contributed by atoms with Crippen LogP contribution in [0.15, 0.2) is 34.9 Å². The highest BCUT2D eigenvalue weighted by Crippen LogP contribution is 2.22. The fraction of sp³-hybridized carbons (Fsp3) is 0.500. The van der Waals surface area contributed by atoms with Gasteiger partial charge < -0.3 is 9.47 Å². The first-order valence-corrected chi connectivity index (χ1v) is 11.5. The molecule has 26 heavy (non-hydrogen) atoms. The molecule has 1 aromatic carbocycles. The second-order valence-corrected chi connectivity index (χ2v) is 10.3. The molecular formula is C18H22BrN3O3S. The Morgan fingerprint density at radius 3 is 2.62 bits per heavy atom. The molecule has 2 aliphatic rings. The molecule has 6 nitrogen and oxygen atoms in total. The van der Waals surface area contributed by atoms with E-state index in [-0.39, 0.29) is 17.7 Å². The monoisotopic (exact) mass is 439 g/mol. The number of fused-ring (bicyclic) bond motifs is 1. The largest absolute Gasteiger partial charge is 0.339 e. The Hall–Kier alpha value is -1.38. The van der Waals surface area contributed by atoms with Crippen molar-refractivity contribution in [3.63, 3.8) is 0 Å². The summed E-state index contributed by atoms with van der Waals surface area (Å²) in [5.41, 5.74) is 1.04.